The molecule has 2 heteroatoms. The Morgan fingerprint density at radius 3 is 2.94 bits per heavy atom. The third kappa shape index (κ3) is 2.28. The molecule has 0 aliphatic carbocycles. The Hall–Kier alpha value is -0.860. The molecule has 2 unspecified atom stereocenters. The number of hydrogen-bond acceptors (Lipinski definition) is 2. The fourth-order valence-electron chi connectivity index (χ4n) is 2.49. The number of rotatable bonds is 3. The number of methoxy groups -OCH3 is 1. The maximum Gasteiger partial charge on any atom is 0.0657 e. The van der Waals surface area contributed by atoms with Crippen LogP contribution in [0, 0.1) is 6.92 Å². The molecular weight excluding hydrogens is 198 g/mol. The van der Waals surface area contributed by atoms with E-state index in [4.69, 9.17) is 4.74 Å². The molecule has 1 heterocycles. The summed E-state index contributed by atoms with van der Waals surface area (Å²) in [5.41, 5.74) is 4.24. The highest BCUT2D eigenvalue weighted by atomic mass is 16.5. The van der Waals surface area contributed by atoms with E-state index in [2.05, 4.69) is 37.4 Å². The summed E-state index contributed by atoms with van der Waals surface area (Å²) in [6, 6.07) is 7.73. The van der Waals surface area contributed by atoms with Crippen LogP contribution in [0.1, 0.15) is 36.1 Å². The van der Waals surface area contributed by atoms with E-state index in [0.29, 0.717) is 12.1 Å². The van der Waals surface area contributed by atoms with Crippen molar-refractivity contribution in [3.63, 3.8) is 0 Å². The maximum absolute atomic E-state index is 5.31. The molecule has 0 amide bonds. The van der Waals surface area contributed by atoms with Crippen LogP contribution in [0.15, 0.2) is 18.2 Å². The van der Waals surface area contributed by atoms with Crippen LogP contribution in [-0.2, 0) is 11.2 Å². The van der Waals surface area contributed by atoms with Crippen molar-refractivity contribution < 1.29 is 4.74 Å². The van der Waals surface area contributed by atoms with Crippen molar-refractivity contribution in [1.29, 1.82) is 0 Å². The minimum Gasteiger partial charge on any atom is -0.383 e. The average molecular weight is 219 g/mol. The van der Waals surface area contributed by atoms with E-state index in [-0.39, 0.29) is 0 Å². The monoisotopic (exact) mass is 219 g/mol. The summed E-state index contributed by atoms with van der Waals surface area (Å²) in [6.07, 6.45) is 2.32. The van der Waals surface area contributed by atoms with Gasteiger partial charge in [-0.3, -0.25) is 0 Å². The Kier molecular flexibility index (Phi) is 3.62. The van der Waals surface area contributed by atoms with E-state index in [1.807, 2.05) is 0 Å². The molecule has 2 atom stereocenters. The van der Waals surface area contributed by atoms with Crippen LogP contribution in [0.5, 0.6) is 0 Å². The van der Waals surface area contributed by atoms with Crippen molar-refractivity contribution in [2.45, 2.75) is 38.8 Å². The standard InChI is InChI=1S/C14H21NO/c1-4-12-8-11-6-5-10(2)7-13(11)14(15-12)9-16-3/h5-7,12,14-15H,4,8-9H2,1-3H3. The van der Waals surface area contributed by atoms with E-state index in [0.717, 1.165) is 13.0 Å². The number of benzene rings is 1. The first-order chi connectivity index (χ1) is 7.74. The van der Waals surface area contributed by atoms with Crippen molar-refractivity contribution >= 4 is 0 Å². The Balaban J connectivity index is 2.31. The zero-order chi connectivity index (χ0) is 11.5. The lowest BCUT2D eigenvalue weighted by atomic mass is 9.88. The molecule has 1 aliphatic heterocycles. The summed E-state index contributed by atoms with van der Waals surface area (Å²) in [6.45, 7) is 5.14. The van der Waals surface area contributed by atoms with E-state index in [1.165, 1.54) is 23.1 Å². The van der Waals surface area contributed by atoms with Crippen molar-refractivity contribution in [3.05, 3.63) is 34.9 Å². The molecule has 1 aromatic carbocycles. The van der Waals surface area contributed by atoms with E-state index in [9.17, 15) is 0 Å². The zero-order valence-electron chi connectivity index (χ0n) is 10.4. The Morgan fingerprint density at radius 1 is 1.44 bits per heavy atom. The predicted molar refractivity (Wildman–Crippen MR) is 66.7 cm³/mol. The topological polar surface area (TPSA) is 21.3 Å². The molecule has 1 aliphatic rings. The zero-order valence-corrected chi connectivity index (χ0v) is 10.4. The first-order valence-corrected chi connectivity index (χ1v) is 6.09. The van der Waals surface area contributed by atoms with Crippen LogP contribution < -0.4 is 5.32 Å². The van der Waals surface area contributed by atoms with Gasteiger partial charge < -0.3 is 10.1 Å². The summed E-state index contributed by atoms with van der Waals surface area (Å²) >= 11 is 0. The quantitative estimate of drug-likeness (QED) is 0.843. The minimum absolute atomic E-state index is 0.360. The van der Waals surface area contributed by atoms with Gasteiger partial charge in [0.05, 0.1) is 12.6 Å². The van der Waals surface area contributed by atoms with Crippen LogP contribution in [0.25, 0.3) is 0 Å². The van der Waals surface area contributed by atoms with Crippen LogP contribution in [0.4, 0.5) is 0 Å². The first kappa shape index (κ1) is 11.6. The van der Waals surface area contributed by atoms with E-state index in [1.54, 1.807) is 7.11 Å². The lowest BCUT2D eigenvalue weighted by Crippen LogP contribution is -2.40. The second-order valence-electron chi connectivity index (χ2n) is 4.69. The second-order valence-corrected chi connectivity index (χ2v) is 4.69. The minimum atomic E-state index is 0.360. The molecule has 1 N–H and O–H groups in total. The summed E-state index contributed by atoms with van der Waals surface area (Å²) in [5, 5.41) is 3.66. The average Bonchev–Trinajstić information content (AvgIpc) is 2.30. The molecule has 16 heavy (non-hydrogen) atoms. The van der Waals surface area contributed by atoms with Gasteiger partial charge in [0, 0.05) is 13.2 Å². The molecule has 0 saturated heterocycles. The Bertz CT molecular complexity index is 362. The lowest BCUT2D eigenvalue weighted by Gasteiger charge is -2.32. The SMILES string of the molecule is CCC1Cc2ccc(C)cc2C(COC)N1. The molecule has 0 saturated carbocycles. The second kappa shape index (κ2) is 4.98. The summed E-state index contributed by atoms with van der Waals surface area (Å²) in [4.78, 5) is 0. The van der Waals surface area contributed by atoms with E-state index >= 15 is 0 Å². The van der Waals surface area contributed by atoms with Crippen LogP contribution in [0.3, 0.4) is 0 Å². The molecular formula is C14H21NO. The summed E-state index contributed by atoms with van der Waals surface area (Å²) in [7, 11) is 1.77. The van der Waals surface area contributed by atoms with Crippen molar-refractivity contribution in [3.8, 4) is 0 Å². The molecule has 2 rings (SSSR count). The molecule has 2 nitrogen and oxygen atoms in total. The van der Waals surface area contributed by atoms with Gasteiger partial charge in [-0.25, -0.2) is 0 Å². The first-order valence-electron chi connectivity index (χ1n) is 6.09. The van der Waals surface area contributed by atoms with Crippen molar-refractivity contribution in [2.24, 2.45) is 0 Å². The summed E-state index contributed by atoms with van der Waals surface area (Å²) in [5.74, 6) is 0. The lowest BCUT2D eigenvalue weighted by molar-refractivity contribution is 0.155. The largest absolute Gasteiger partial charge is 0.383 e. The molecule has 0 aromatic heterocycles. The Labute approximate surface area is 98.0 Å². The molecule has 0 spiro atoms. The Morgan fingerprint density at radius 2 is 2.25 bits per heavy atom. The van der Waals surface area contributed by atoms with Gasteiger partial charge >= 0.3 is 0 Å². The van der Waals surface area contributed by atoms with Crippen LogP contribution >= 0.6 is 0 Å². The number of ether oxygens (including phenoxy) is 1. The highest BCUT2D eigenvalue weighted by molar-refractivity contribution is 5.36. The van der Waals surface area contributed by atoms with Crippen molar-refractivity contribution in [2.75, 3.05) is 13.7 Å². The van der Waals surface area contributed by atoms with Crippen LogP contribution in [-0.4, -0.2) is 19.8 Å². The normalized spacial score (nSPS) is 24.2. The van der Waals surface area contributed by atoms with Gasteiger partial charge in [-0.2, -0.15) is 0 Å². The predicted octanol–water partition coefficient (Wildman–Crippen LogP) is 2.61. The fourth-order valence-corrected chi connectivity index (χ4v) is 2.49. The number of hydrogen-bond donors (Lipinski definition) is 1. The third-order valence-corrected chi connectivity index (χ3v) is 3.41. The fraction of sp³-hybridized carbons (Fsp3) is 0.571. The molecule has 88 valence electrons. The molecule has 0 fully saturated rings. The third-order valence-electron chi connectivity index (χ3n) is 3.41. The number of aryl methyl sites for hydroxylation is 1. The molecule has 0 radical (unpaired) electrons. The number of nitrogens with one attached hydrogen (secondary N) is 1. The van der Waals surface area contributed by atoms with Gasteiger partial charge in [0.25, 0.3) is 0 Å². The van der Waals surface area contributed by atoms with Gasteiger partial charge in [-0.15, -0.1) is 0 Å². The smallest absolute Gasteiger partial charge is 0.0657 e. The van der Waals surface area contributed by atoms with Gasteiger partial charge in [-0.1, -0.05) is 30.7 Å². The molecule has 1 aromatic rings. The van der Waals surface area contributed by atoms with E-state index < -0.39 is 0 Å². The van der Waals surface area contributed by atoms with Crippen molar-refractivity contribution in [1.82, 2.24) is 5.32 Å². The van der Waals surface area contributed by atoms with Gasteiger partial charge in [-0.05, 0) is 30.9 Å². The molecule has 0 bridgehead atoms. The van der Waals surface area contributed by atoms with Gasteiger partial charge in [0.1, 0.15) is 0 Å². The summed E-state index contributed by atoms with van der Waals surface area (Å²) < 4.78 is 5.31. The number of fused-ring (bicyclic) bond motifs is 1. The van der Waals surface area contributed by atoms with Gasteiger partial charge in [0.2, 0.25) is 0 Å². The maximum atomic E-state index is 5.31. The van der Waals surface area contributed by atoms with Crippen LogP contribution in [0.2, 0.25) is 0 Å². The highest BCUT2D eigenvalue weighted by Crippen LogP contribution is 2.27. The highest BCUT2D eigenvalue weighted by Gasteiger charge is 2.24. The van der Waals surface area contributed by atoms with Gasteiger partial charge in [0.15, 0.2) is 0 Å².